The van der Waals surface area contributed by atoms with Gasteiger partial charge in [0.15, 0.2) is 0 Å². The summed E-state index contributed by atoms with van der Waals surface area (Å²) in [5.74, 6) is 1.24. The molecule has 4 rings (SSSR count). The average molecular weight is 418 g/mol. The fourth-order valence-electron chi connectivity index (χ4n) is 3.64. The molecule has 0 saturated heterocycles. The number of nitrogens with one attached hydrogen (secondary N) is 3. The molecule has 31 heavy (non-hydrogen) atoms. The van der Waals surface area contributed by atoms with Gasteiger partial charge in [0.05, 0.1) is 5.56 Å². The van der Waals surface area contributed by atoms with Gasteiger partial charge in [-0.2, -0.15) is 0 Å². The van der Waals surface area contributed by atoms with Crippen molar-refractivity contribution < 1.29 is 9.53 Å². The van der Waals surface area contributed by atoms with Crippen LogP contribution in [0.2, 0.25) is 0 Å². The number of pyridine rings is 1. The summed E-state index contributed by atoms with van der Waals surface area (Å²) in [5, 5.41) is 9.32. The molecule has 1 aliphatic carbocycles. The van der Waals surface area contributed by atoms with Crippen LogP contribution >= 0.6 is 0 Å². The quantitative estimate of drug-likeness (QED) is 0.337. The highest BCUT2D eigenvalue weighted by Gasteiger charge is 2.26. The minimum atomic E-state index is -0.0436. The first-order valence-corrected chi connectivity index (χ1v) is 10.4. The lowest BCUT2D eigenvalue weighted by molar-refractivity contribution is 0.0966. The molecule has 0 atom stereocenters. The van der Waals surface area contributed by atoms with Crippen molar-refractivity contribution in [1.29, 1.82) is 0 Å². The van der Waals surface area contributed by atoms with E-state index in [-0.39, 0.29) is 12.0 Å². The predicted octanol–water partition coefficient (Wildman–Crippen LogP) is 4.38. The molecule has 0 bridgehead atoms. The Hall–Kier alpha value is -3.61. The number of amides is 1. The molecular weight excluding hydrogens is 390 g/mol. The van der Waals surface area contributed by atoms with Crippen molar-refractivity contribution in [3.63, 3.8) is 0 Å². The van der Waals surface area contributed by atoms with Gasteiger partial charge in [-0.15, -0.1) is 0 Å². The number of hydrogen-bond donors (Lipinski definition) is 3. The van der Waals surface area contributed by atoms with Crippen LogP contribution in [0.15, 0.2) is 53.1 Å². The second kappa shape index (κ2) is 8.63. The summed E-state index contributed by atoms with van der Waals surface area (Å²) in [5.41, 5.74) is 6.58. The molecule has 1 aromatic heterocycles. The van der Waals surface area contributed by atoms with Gasteiger partial charge in [-0.25, -0.2) is 9.98 Å². The zero-order valence-corrected chi connectivity index (χ0v) is 18.1. The molecule has 3 N–H and O–H groups in total. The second-order valence-electron chi connectivity index (χ2n) is 7.79. The van der Waals surface area contributed by atoms with Gasteiger partial charge >= 0.3 is 0 Å². The Morgan fingerprint density at radius 1 is 1.32 bits per heavy atom. The summed E-state index contributed by atoms with van der Waals surface area (Å²) >= 11 is 0. The lowest BCUT2D eigenvalue weighted by Gasteiger charge is -2.14. The van der Waals surface area contributed by atoms with Crippen molar-refractivity contribution >= 4 is 24.1 Å². The highest BCUT2D eigenvalue weighted by atomic mass is 16.5. The van der Waals surface area contributed by atoms with Gasteiger partial charge in [-0.3, -0.25) is 4.79 Å². The molecule has 0 radical (unpaired) electrons. The van der Waals surface area contributed by atoms with E-state index in [2.05, 4.69) is 32.6 Å². The summed E-state index contributed by atoms with van der Waals surface area (Å²) < 4.78 is 5.67. The van der Waals surface area contributed by atoms with E-state index >= 15 is 0 Å². The third kappa shape index (κ3) is 4.45. The van der Waals surface area contributed by atoms with Gasteiger partial charge in [0.2, 0.25) is 5.88 Å². The van der Waals surface area contributed by atoms with Gasteiger partial charge in [0.1, 0.15) is 11.9 Å². The zero-order chi connectivity index (χ0) is 22.0. The maximum atomic E-state index is 12.3. The van der Waals surface area contributed by atoms with Crippen LogP contribution in [-0.2, 0) is 11.3 Å². The Bertz CT molecular complexity index is 1100. The Labute approximate surface area is 182 Å². The number of nitrogens with zero attached hydrogens (tertiary/aromatic N) is 2. The first-order valence-electron chi connectivity index (χ1n) is 10.4. The van der Waals surface area contributed by atoms with Crippen LogP contribution in [0.25, 0.3) is 11.1 Å². The largest absolute Gasteiger partial charge is 0.474 e. The first-order chi connectivity index (χ1) is 15.0. The SMILES string of the molecule is C=N/C(=C\C=C(/C)Nc1cc(C)c(-c2ccc(NC)c3c2CNC3=O)cn1)OC1CC1. The van der Waals surface area contributed by atoms with E-state index < -0.39 is 0 Å². The number of hydrogen-bond acceptors (Lipinski definition) is 6. The van der Waals surface area contributed by atoms with Crippen LogP contribution in [0.5, 0.6) is 0 Å². The standard InChI is InChI=1S/C24H27N5O2/c1-14-11-21(29-15(2)5-10-22(26-4)31-16-6-7-16)27-12-18(14)17-8-9-20(25-3)23-19(17)13-28-24(23)30/h5,8-12,16,25H,4,6-7,13H2,1-3H3,(H,27,29)(H,28,30)/b15-5+,22-10+. The van der Waals surface area contributed by atoms with Crippen LogP contribution in [0.3, 0.4) is 0 Å². The zero-order valence-electron chi connectivity index (χ0n) is 18.1. The third-order valence-electron chi connectivity index (χ3n) is 5.40. The lowest BCUT2D eigenvalue weighted by Crippen LogP contribution is -2.13. The molecule has 7 heteroatoms. The minimum Gasteiger partial charge on any atom is -0.474 e. The Kier molecular flexibility index (Phi) is 5.75. The van der Waals surface area contributed by atoms with Crippen LogP contribution in [0, 0.1) is 6.92 Å². The number of benzene rings is 1. The smallest absolute Gasteiger partial charge is 0.254 e. The normalized spacial score (nSPS) is 15.9. The summed E-state index contributed by atoms with van der Waals surface area (Å²) in [4.78, 5) is 20.8. The van der Waals surface area contributed by atoms with Gasteiger partial charge in [0, 0.05) is 42.8 Å². The number of allylic oxidation sites excluding steroid dienone is 3. The number of anilines is 2. The maximum Gasteiger partial charge on any atom is 0.254 e. The molecule has 2 aromatic rings. The third-order valence-corrected chi connectivity index (χ3v) is 5.40. The second-order valence-corrected chi connectivity index (χ2v) is 7.79. The number of carbonyl (C=O) groups is 1. The van der Waals surface area contributed by atoms with Crippen molar-refractivity contribution in [2.75, 3.05) is 17.7 Å². The van der Waals surface area contributed by atoms with E-state index in [9.17, 15) is 4.79 Å². The number of aromatic nitrogens is 1. The van der Waals surface area contributed by atoms with E-state index in [1.54, 1.807) is 0 Å². The summed E-state index contributed by atoms with van der Waals surface area (Å²) in [6.07, 6.45) is 8.00. The molecule has 1 fully saturated rings. The molecule has 1 aliphatic heterocycles. The maximum absolute atomic E-state index is 12.3. The highest BCUT2D eigenvalue weighted by Crippen LogP contribution is 2.35. The molecule has 1 saturated carbocycles. The molecule has 1 amide bonds. The number of rotatable bonds is 8. The molecule has 0 spiro atoms. The molecule has 7 nitrogen and oxygen atoms in total. The summed E-state index contributed by atoms with van der Waals surface area (Å²) in [6.45, 7) is 8.09. The summed E-state index contributed by atoms with van der Waals surface area (Å²) in [6, 6.07) is 5.99. The molecule has 0 unspecified atom stereocenters. The Morgan fingerprint density at radius 2 is 2.13 bits per heavy atom. The fraction of sp³-hybridized carbons (Fsp3) is 0.292. The molecular formula is C24H27N5O2. The minimum absolute atomic E-state index is 0.0436. The van der Waals surface area contributed by atoms with Gasteiger partial charge in [-0.1, -0.05) is 6.07 Å². The van der Waals surface area contributed by atoms with Crippen LogP contribution in [0.1, 0.15) is 41.3 Å². The number of aliphatic imine (C=N–C) groups is 1. The van der Waals surface area contributed by atoms with E-state index in [1.165, 1.54) is 0 Å². The van der Waals surface area contributed by atoms with Gasteiger partial charge in [-0.05, 0) is 68.3 Å². The lowest BCUT2D eigenvalue weighted by atomic mass is 9.94. The molecule has 2 heterocycles. The summed E-state index contributed by atoms with van der Waals surface area (Å²) in [7, 11) is 1.82. The number of aryl methyl sites for hydroxylation is 1. The number of carbonyl (C=O) groups excluding carboxylic acids is 1. The molecule has 1 aromatic carbocycles. The van der Waals surface area contributed by atoms with Gasteiger partial charge < -0.3 is 20.7 Å². The average Bonchev–Trinajstić information content (AvgIpc) is 3.50. The Morgan fingerprint density at radius 3 is 2.81 bits per heavy atom. The van der Waals surface area contributed by atoms with Crippen molar-refractivity contribution in [2.24, 2.45) is 4.99 Å². The van der Waals surface area contributed by atoms with Crippen LogP contribution < -0.4 is 16.0 Å². The topological polar surface area (TPSA) is 87.6 Å². The number of ether oxygens (including phenoxy) is 1. The first kappa shape index (κ1) is 20.7. The van der Waals surface area contributed by atoms with Crippen molar-refractivity contribution in [3.8, 4) is 11.1 Å². The van der Waals surface area contributed by atoms with Crippen molar-refractivity contribution in [1.82, 2.24) is 10.3 Å². The van der Waals surface area contributed by atoms with E-state index in [1.807, 2.05) is 57.4 Å². The van der Waals surface area contributed by atoms with Crippen LogP contribution in [0.4, 0.5) is 11.5 Å². The van der Waals surface area contributed by atoms with E-state index in [0.29, 0.717) is 18.0 Å². The Balaban J connectivity index is 1.55. The van der Waals surface area contributed by atoms with Gasteiger partial charge in [0.25, 0.3) is 5.91 Å². The highest BCUT2D eigenvalue weighted by molar-refractivity contribution is 6.05. The fourth-order valence-corrected chi connectivity index (χ4v) is 3.64. The van der Waals surface area contributed by atoms with Crippen LogP contribution in [-0.4, -0.2) is 30.8 Å². The monoisotopic (exact) mass is 417 g/mol. The van der Waals surface area contributed by atoms with E-state index in [0.717, 1.165) is 52.3 Å². The van der Waals surface area contributed by atoms with Crippen molar-refractivity contribution in [3.05, 3.63) is 64.8 Å². The predicted molar refractivity (Wildman–Crippen MR) is 124 cm³/mol. The van der Waals surface area contributed by atoms with E-state index in [4.69, 9.17) is 4.74 Å². The van der Waals surface area contributed by atoms with Crippen molar-refractivity contribution in [2.45, 2.75) is 39.3 Å². The molecule has 2 aliphatic rings. The number of fused-ring (bicyclic) bond motifs is 1. The molecule has 160 valence electrons.